The van der Waals surface area contributed by atoms with Crippen LogP contribution in [-0.4, -0.2) is 17.9 Å². The second-order valence-corrected chi connectivity index (χ2v) is 12.7. The molecule has 4 aliphatic carbocycles. The van der Waals surface area contributed by atoms with Gasteiger partial charge in [0.15, 0.2) is 5.78 Å². The highest BCUT2D eigenvalue weighted by molar-refractivity contribution is 6.00. The average molecular weight is 455 g/mol. The van der Waals surface area contributed by atoms with Gasteiger partial charge >= 0.3 is 5.97 Å². The Kier molecular flexibility index (Phi) is 6.75. The lowest BCUT2D eigenvalue weighted by molar-refractivity contribution is -0.152. The molecular weight excluding hydrogens is 408 g/mol. The summed E-state index contributed by atoms with van der Waals surface area (Å²) < 4.78 is 5.61. The maximum atomic E-state index is 13.5. The van der Waals surface area contributed by atoms with E-state index in [1.807, 2.05) is 0 Å². The second-order valence-electron chi connectivity index (χ2n) is 12.7. The Hall–Kier alpha value is -1.38. The Bertz CT molecular complexity index is 851. The number of carbonyl (C=O) groups excluding carboxylic acids is 2. The predicted molar refractivity (Wildman–Crippen MR) is 134 cm³/mol. The third-order valence-electron chi connectivity index (χ3n) is 10.5. The summed E-state index contributed by atoms with van der Waals surface area (Å²) in [6.45, 7) is 15.6. The zero-order valence-corrected chi connectivity index (χ0v) is 22.1. The molecule has 3 heteroatoms. The number of ketones is 1. The number of allylic oxidation sites excluding steroid dienone is 4. The minimum absolute atomic E-state index is 0.0336. The molecule has 0 aromatic heterocycles. The summed E-state index contributed by atoms with van der Waals surface area (Å²) in [6, 6.07) is 0. The van der Waals surface area contributed by atoms with Gasteiger partial charge in [-0.25, -0.2) is 0 Å². The van der Waals surface area contributed by atoms with Crippen LogP contribution in [0.25, 0.3) is 0 Å². The maximum absolute atomic E-state index is 13.5. The Morgan fingerprint density at radius 1 is 1.06 bits per heavy atom. The molecule has 0 heterocycles. The molecule has 184 valence electrons. The lowest BCUT2D eigenvalue weighted by atomic mass is 9.49. The second kappa shape index (κ2) is 9.00. The summed E-state index contributed by atoms with van der Waals surface area (Å²) in [5.41, 5.74) is 3.04. The molecule has 3 saturated carbocycles. The summed E-state index contributed by atoms with van der Waals surface area (Å²) in [7, 11) is 0. The molecule has 4 rings (SSSR count). The molecule has 1 unspecified atom stereocenters. The SMILES string of the molecule is CC(=O)O[C@H]1CC[C@@]2(C)[C@@H](CCC3=C4C(=O)C[C@H]([C@H](C)C=CC(C)C(C)C)[C@@]4(C)CC[C@@H]32)C1. The number of hydrogen-bond acceptors (Lipinski definition) is 3. The van der Waals surface area contributed by atoms with E-state index in [0.717, 1.165) is 44.9 Å². The first kappa shape index (κ1) is 24.7. The number of fused-ring (bicyclic) bond motifs is 4. The van der Waals surface area contributed by atoms with E-state index in [9.17, 15) is 9.59 Å². The van der Waals surface area contributed by atoms with E-state index in [2.05, 4.69) is 53.7 Å². The molecule has 0 aromatic rings. The fourth-order valence-electron chi connectivity index (χ4n) is 8.14. The minimum Gasteiger partial charge on any atom is -0.463 e. The van der Waals surface area contributed by atoms with Crippen LogP contribution in [-0.2, 0) is 14.3 Å². The molecule has 0 N–H and O–H groups in total. The summed E-state index contributed by atoms with van der Waals surface area (Å²) in [5, 5.41) is 0. The van der Waals surface area contributed by atoms with Crippen LogP contribution in [0.1, 0.15) is 99.8 Å². The van der Waals surface area contributed by atoms with Crippen molar-refractivity contribution in [2.75, 3.05) is 0 Å². The van der Waals surface area contributed by atoms with Gasteiger partial charge < -0.3 is 4.74 Å². The van der Waals surface area contributed by atoms with Gasteiger partial charge in [0.05, 0.1) is 0 Å². The minimum atomic E-state index is -0.149. The van der Waals surface area contributed by atoms with Gasteiger partial charge in [0.1, 0.15) is 6.10 Å². The van der Waals surface area contributed by atoms with Crippen LogP contribution in [0.4, 0.5) is 0 Å². The van der Waals surface area contributed by atoms with E-state index in [1.54, 1.807) is 0 Å². The lowest BCUT2D eigenvalue weighted by Gasteiger charge is -2.56. The lowest BCUT2D eigenvalue weighted by Crippen LogP contribution is -2.49. The van der Waals surface area contributed by atoms with Crippen LogP contribution in [0.2, 0.25) is 0 Å². The third-order valence-corrected chi connectivity index (χ3v) is 10.5. The van der Waals surface area contributed by atoms with Gasteiger partial charge in [-0.1, -0.05) is 59.3 Å². The van der Waals surface area contributed by atoms with Crippen molar-refractivity contribution in [2.24, 2.45) is 46.3 Å². The number of carbonyl (C=O) groups is 2. The average Bonchev–Trinajstić information content (AvgIpc) is 3.02. The van der Waals surface area contributed by atoms with Crippen molar-refractivity contribution in [2.45, 2.75) is 106 Å². The highest BCUT2D eigenvalue weighted by Gasteiger charge is 2.58. The molecule has 3 fully saturated rings. The van der Waals surface area contributed by atoms with Gasteiger partial charge in [-0.2, -0.15) is 0 Å². The van der Waals surface area contributed by atoms with Gasteiger partial charge in [0.2, 0.25) is 0 Å². The van der Waals surface area contributed by atoms with Gasteiger partial charge in [0, 0.05) is 18.9 Å². The van der Waals surface area contributed by atoms with Crippen LogP contribution in [0.3, 0.4) is 0 Å². The van der Waals surface area contributed by atoms with E-state index in [1.165, 1.54) is 24.5 Å². The quantitative estimate of drug-likeness (QED) is 0.323. The van der Waals surface area contributed by atoms with E-state index in [4.69, 9.17) is 4.74 Å². The molecule has 0 amide bonds. The largest absolute Gasteiger partial charge is 0.463 e. The molecule has 0 bridgehead atoms. The zero-order valence-electron chi connectivity index (χ0n) is 22.1. The van der Waals surface area contributed by atoms with Gasteiger partial charge in [0.25, 0.3) is 0 Å². The molecule has 33 heavy (non-hydrogen) atoms. The van der Waals surface area contributed by atoms with E-state index >= 15 is 0 Å². The fraction of sp³-hybridized carbons (Fsp3) is 0.800. The van der Waals surface area contributed by atoms with Gasteiger partial charge in [-0.05, 0) is 91.3 Å². The number of rotatable bonds is 5. The maximum Gasteiger partial charge on any atom is 0.302 e. The van der Waals surface area contributed by atoms with E-state index < -0.39 is 0 Å². The first-order chi connectivity index (χ1) is 15.5. The van der Waals surface area contributed by atoms with E-state index in [-0.39, 0.29) is 22.9 Å². The molecule has 4 aliphatic rings. The Morgan fingerprint density at radius 3 is 2.45 bits per heavy atom. The molecular formula is C30H46O3. The summed E-state index contributed by atoms with van der Waals surface area (Å²) in [5.74, 6) is 3.50. The number of hydrogen-bond donors (Lipinski definition) is 0. The van der Waals surface area contributed by atoms with Crippen LogP contribution in [0.15, 0.2) is 23.3 Å². The topological polar surface area (TPSA) is 43.4 Å². The molecule has 8 atom stereocenters. The van der Waals surface area contributed by atoms with Crippen molar-refractivity contribution < 1.29 is 14.3 Å². The highest BCUT2D eigenvalue weighted by Crippen LogP contribution is 2.65. The smallest absolute Gasteiger partial charge is 0.302 e. The fourth-order valence-corrected chi connectivity index (χ4v) is 8.14. The van der Waals surface area contributed by atoms with Crippen LogP contribution < -0.4 is 0 Å². The summed E-state index contributed by atoms with van der Waals surface area (Å²) >= 11 is 0. The Morgan fingerprint density at radius 2 is 1.79 bits per heavy atom. The van der Waals surface area contributed by atoms with Gasteiger partial charge in [-0.3, -0.25) is 9.59 Å². The molecule has 3 nitrogen and oxygen atoms in total. The highest BCUT2D eigenvalue weighted by atomic mass is 16.5. The molecule has 0 aromatic carbocycles. The van der Waals surface area contributed by atoms with Crippen LogP contribution >= 0.6 is 0 Å². The standard InChI is InChI=1S/C30H46O3/c1-18(2)19(3)8-9-20(4)26-17-27(32)28-24-11-10-22-16-23(33-21(5)31)12-14-29(22,6)25(24)13-15-30(26,28)7/h8-9,18-20,22-23,25-26H,10-17H2,1-7H3/t19?,20-,22+,23+,25+,26-,29+,30-/m1/s1. The van der Waals surface area contributed by atoms with Crippen molar-refractivity contribution >= 4 is 11.8 Å². The molecule has 0 aliphatic heterocycles. The van der Waals surface area contributed by atoms with Crippen molar-refractivity contribution in [1.82, 2.24) is 0 Å². The molecule has 0 saturated heterocycles. The van der Waals surface area contributed by atoms with Gasteiger partial charge in [-0.15, -0.1) is 0 Å². The number of ether oxygens (including phenoxy) is 1. The normalized spacial score (nSPS) is 40.4. The molecule has 0 spiro atoms. The first-order valence-electron chi connectivity index (χ1n) is 13.6. The van der Waals surface area contributed by atoms with Crippen molar-refractivity contribution in [3.8, 4) is 0 Å². The zero-order chi connectivity index (χ0) is 24.1. The van der Waals surface area contributed by atoms with Crippen LogP contribution in [0.5, 0.6) is 0 Å². The predicted octanol–water partition coefficient (Wildman–Crippen LogP) is 7.30. The van der Waals surface area contributed by atoms with Crippen molar-refractivity contribution in [3.05, 3.63) is 23.3 Å². The molecule has 0 radical (unpaired) electrons. The third kappa shape index (κ3) is 4.27. The monoisotopic (exact) mass is 454 g/mol. The number of Topliss-reactive ketones (excluding diaryl/α,β-unsaturated/α-hetero) is 1. The number of esters is 1. The Labute approximate surface area is 201 Å². The van der Waals surface area contributed by atoms with Crippen molar-refractivity contribution in [3.63, 3.8) is 0 Å². The summed E-state index contributed by atoms with van der Waals surface area (Å²) in [4.78, 5) is 25.0. The summed E-state index contributed by atoms with van der Waals surface area (Å²) in [6.07, 6.45) is 13.2. The Balaban J connectivity index is 1.59. The first-order valence-corrected chi connectivity index (χ1v) is 13.6. The van der Waals surface area contributed by atoms with Crippen molar-refractivity contribution in [1.29, 1.82) is 0 Å². The van der Waals surface area contributed by atoms with E-state index in [0.29, 0.717) is 41.3 Å². The van der Waals surface area contributed by atoms with Crippen LogP contribution in [0, 0.1) is 46.3 Å².